The largest absolute Gasteiger partial charge is 0.308 e. The number of thiazole rings is 1. The van der Waals surface area contributed by atoms with Crippen molar-refractivity contribution in [2.24, 2.45) is 0 Å². The number of rotatable bonds is 5. The van der Waals surface area contributed by atoms with Gasteiger partial charge in [0.1, 0.15) is 0 Å². The molecule has 1 rings (SSSR count). The number of hydrogen-bond acceptors (Lipinski definition) is 4. The van der Waals surface area contributed by atoms with Crippen LogP contribution in [0.4, 0.5) is 0 Å². The molecule has 2 nitrogen and oxygen atoms in total. The predicted octanol–water partition coefficient (Wildman–Crippen LogP) is 2.55. The summed E-state index contributed by atoms with van der Waals surface area (Å²) in [6.45, 7) is 5.47. The Labute approximate surface area is 88.2 Å². The number of hydrogen-bond donors (Lipinski definition) is 1. The zero-order valence-electron chi connectivity index (χ0n) is 8.28. The van der Waals surface area contributed by atoms with Gasteiger partial charge in [-0.1, -0.05) is 6.92 Å². The smallest absolute Gasteiger partial charge is 0.0794 e. The van der Waals surface area contributed by atoms with E-state index in [9.17, 15) is 0 Å². The van der Waals surface area contributed by atoms with Crippen molar-refractivity contribution in [2.45, 2.75) is 25.1 Å². The van der Waals surface area contributed by atoms with E-state index in [0.717, 1.165) is 6.54 Å². The van der Waals surface area contributed by atoms with Crippen LogP contribution < -0.4 is 5.32 Å². The number of nitrogens with zero attached hydrogens (tertiary/aromatic N) is 1. The predicted molar refractivity (Wildman–Crippen MR) is 61.5 cm³/mol. The highest BCUT2D eigenvalue weighted by Crippen LogP contribution is 2.16. The summed E-state index contributed by atoms with van der Waals surface area (Å²) >= 11 is 3.60. The molecule has 0 aliphatic heterocycles. The molecule has 74 valence electrons. The summed E-state index contributed by atoms with van der Waals surface area (Å²) in [5.41, 5.74) is 1.88. The van der Waals surface area contributed by atoms with Gasteiger partial charge in [0.15, 0.2) is 0 Å². The first-order valence-electron chi connectivity index (χ1n) is 4.38. The molecule has 0 aliphatic carbocycles. The summed E-state index contributed by atoms with van der Waals surface area (Å²) in [5.74, 6) is 0. The summed E-state index contributed by atoms with van der Waals surface area (Å²) in [7, 11) is 0. The van der Waals surface area contributed by atoms with E-state index in [1.807, 2.05) is 23.5 Å². The van der Waals surface area contributed by atoms with E-state index in [4.69, 9.17) is 0 Å². The first kappa shape index (κ1) is 11.0. The third kappa shape index (κ3) is 3.67. The molecule has 2 unspecified atom stereocenters. The van der Waals surface area contributed by atoms with Gasteiger partial charge in [0, 0.05) is 28.9 Å². The highest BCUT2D eigenvalue weighted by molar-refractivity contribution is 7.99. The fourth-order valence-electron chi connectivity index (χ4n) is 0.966. The normalized spacial score (nSPS) is 15.6. The first-order valence-corrected chi connectivity index (χ1v) is 6.55. The Morgan fingerprint density at radius 1 is 1.62 bits per heavy atom. The first-order chi connectivity index (χ1) is 6.24. The molecule has 13 heavy (non-hydrogen) atoms. The molecule has 2 atom stereocenters. The van der Waals surface area contributed by atoms with Gasteiger partial charge in [-0.15, -0.1) is 11.3 Å². The number of thioether (sulfide) groups is 1. The van der Waals surface area contributed by atoms with Gasteiger partial charge >= 0.3 is 0 Å². The van der Waals surface area contributed by atoms with Gasteiger partial charge in [-0.2, -0.15) is 11.8 Å². The van der Waals surface area contributed by atoms with E-state index in [1.165, 1.54) is 4.88 Å². The third-order valence-corrected chi connectivity index (χ3v) is 3.92. The highest BCUT2D eigenvalue weighted by atomic mass is 32.2. The average Bonchev–Trinajstić information content (AvgIpc) is 2.66. The minimum Gasteiger partial charge on any atom is -0.308 e. The zero-order chi connectivity index (χ0) is 9.68. The molecular weight excluding hydrogens is 200 g/mol. The summed E-state index contributed by atoms with van der Waals surface area (Å²) in [4.78, 5) is 5.38. The maximum Gasteiger partial charge on any atom is 0.0794 e. The van der Waals surface area contributed by atoms with Crippen molar-refractivity contribution in [1.82, 2.24) is 10.3 Å². The third-order valence-electron chi connectivity index (χ3n) is 1.99. The molecular formula is C9H16N2S2. The second-order valence-electron chi connectivity index (χ2n) is 3.08. The van der Waals surface area contributed by atoms with Crippen LogP contribution in [0.3, 0.4) is 0 Å². The van der Waals surface area contributed by atoms with Gasteiger partial charge in [-0.25, -0.2) is 0 Å². The molecule has 0 bridgehead atoms. The monoisotopic (exact) mass is 216 g/mol. The molecule has 4 heteroatoms. The van der Waals surface area contributed by atoms with Gasteiger partial charge in [0.25, 0.3) is 0 Å². The molecule has 0 fully saturated rings. The molecule has 0 amide bonds. The standard InChI is InChI=1S/C9H16N2S2/c1-7(12-3)4-11-8(2)9-5-10-6-13-9/h5-8,11H,4H2,1-3H3. The molecule has 1 aromatic heterocycles. The second kappa shape index (κ2) is 5.62. The lowest BCUT2D eigenvalue weighted by Gasteiger charge is -2.14. The molecule has 0 spiro atoms. The van der Waals surface area contributed by atoms with E-state index >= 15 is 0 Å². The fraction of sp³-hybridized carbons (Fsp3) is 0.667. The van der Waals surface area contributed by atoms with Crippen molar-refractivity contribution in [2.75, 3.05) is 12.8 Å². The molecule has 0 saturated carbocycles. The Morgan fingerprint density at radius 2 is 2.38 bits per heavy atom. The van der Waals surface area contributed by atoms with Crippen LogP contribution in [-0.2, 0) is 0 Å². The fourth-order valence-corrected chi connectivity index (χ4v) is 1.88. The summed E-state index contributed by atoms with van der Waals surface area (Å²) in [5, 5.41) is 4.16. The Morgan fingerprint density at radius 3 is 2.92 bits per heavy atom. The summed E-state index contributed by atoms with van der Waals surface area (Å²) in [6, 6.07) is 0.432. The minimum absolute atomic E-state index is 0.432. The minimum atomic E-state index is 0.432. The average molecular weight is 216 g/mol. The van der Waals surface area contributed by atoms with Crippen LogP contribution in [0.5, 0.6) is 0 Å². The van der Waals surface area contributed by atoms with E-state index in [0.29, 0.717) is 11.3 Å². The zero-order valence-corrected chi connectivity index (χ0v) is 9.91. The Bertz CT molecular complexity index is 224. The lowest BCUT2D eigenvalue weighted by molar-refractivity contribution is 0.583. The lowest BCUT2D eigenvalue weighted by Crippen LogP contribution is -2.25. The highest BCUT2D eigenvalue weighted by Gasteiger charge is 2.07. The quantitative estimate of drug-likeness (QED) is 0.819. The van der Waals surface area contributed by atoms with E-state index in [2.05, 4.69) is 30.4 Å². The molecule has 0 saturated heterocycles. The van der Waals surface area contributed by atoms with Crippen molar-refractivity contribution in [3.05, 3.63) is 16.6 Å². The molecule has 1 N–H and O–H groups in total. The Balaban J connectivity index is 2.30. The molecule has 0 aliphatic rings. The topological polar surface area (TPSA) is 24.9 Å². The van der Waals surface area contributed by atoms with Gasteiger partial charge in [-0.05, 0) is 13.2 Å². The molecule has 1 aromatic rings. The van der Waals surface area contributed by atoms with Crippen LogP contribution in [-0.4, -0.2) is 23.0 Å². The SMILES string of the molecule is CSC(C)CNC(C)c1cncs1. The van der Waals surface area contributed by atoms with Crippen molar-refractivity contribution < 1.29 is 0 Å². The van der Waals surface area contributed by atoms with Crippen LogP contribution in [0.2, 0.25) is 0 Å². The summed E-state index contributed by atoms with van der Waals surface area (Å²) < 4.78 is 0. The van der Waals surface area contributed by atoms with Crippen LogP contribution in [0, 0.1) is 0 Å². The Kier molecular flexibility index (Phi) is 4.77. The summed E-state index contributed by atoms with van der Waals surface area (Å²) in [6.07, 6.45) is 4.08. The van der Waals surface area contributed by atoms with Gasteiger partial charge < -0.3 is 5.32 Å². The van der Waals surface area contributed by atoms with Crippen molar-refractivity contribution >= 4 is 23.1 Å². The maximum atomic E-state index is 4.06. The van der Waals surface area contributed by atoms with Crippen LogP contribution in [0.1, 0.15) is 24.8 Å². The van der Waals surface area contributed by atoms with Gasteiger partial charge in [0.05, 0.1) is 5.51 Å². The second-order valence-corrected chi connectivity index (χ2v) is 5.27. The molecule has 0 aromatic carbocycles. The van der Waals surface area contributed by atoms with Gasteiger partial charge in [-0.3, -0.25) is 4.98 Å². The van der Waals surface area contributed by atoms with E-state index in [1.54, 1.807) is 11.3 Å². The van der Waals surface area contributed by atoms with Crippen LogP contribution in [0.25, 0.3) is 0 Å². The number of nitrogens with one attached hydrogen (secondary N) is 1. The van der Waals surface area contributed by atoms with Crippen molar-refractivity contribution in [1.29, 1.82) is 0 Å². The van der Waals surface area contributed by atoms with Crippen LogP contribution >= 0.6 is 23.1 Å². The van der Waals surface area contributed by atoms with E-state index < -0.39 is 0 Å². The van der Waals surface area contributed by atoms with Crippen molar-refractivity contribution in [3.63, 3.8) is 0 Å². The van der Waals surface area contributed by atoms with Crippen LogP contribution in [0.15, 0.2) is 11.7 Å². The number of aromatic nitrogens is 1. The maximum absolute atomic E-state index is 4.06. The van der Waals surface area contributed by atoms with E-state index in [-0.39, 0.29) is 0 Å². The Hall–Kier alpha value is -0.0600. The lowest BCUT2D eigenvalue weighted by atomic mass is 10.3. The molecule has 1 heterocycles. The molecule has 0 radical (unpaired) electrons. The van der Waals surface area contributed by atoms with Crippen molar-refractivity contribution in [3.8, 4) is 0 Å². The van der Waals surface area contributed by atoms with Gasteiger partial charge in [0.2, 0.25) is 0 Å².